The third kappa shape index (κ3) is 2.44. The zero-order valence-corrected chi connectivity index (χ0v) is 11.8. The lowest BCUT2D eigenvalue weighted by atomic mass is 10.3. The van der Waals surface area contributed by atoms with Gasteiger partial charge in [0.2, 0.25) is 0 Å². The van der Waals surface area contributed by atoms with Crippen LogP contribution in [0.1, 0.15) is 6.92 Å². The average molecular weight is 319 g/mol. The van der Waals surface area contributed by atoms with E-state index in [2.05, 4.69) is 31.0 Å². The van der Waals surface area contributed by atoms with E-state index in [9.17, 15) is 0 Å². The van der Waals surface area contributed by atoms with Gasteiger partial charge in [0.15, 0.2) is 11.5 Å². The first-order chi connectivity index (χ1) is 9.26. The molecule has 0 unspecified atom stereocenters. The van der Waals surface area contributed by atoms with Crippen LogP contribution in [0.5, 0.6) is 11.5 Å². The van der Waals surface area contributed by atoms with E-state index in [0.29, 0.717) is 11.5 Å². The standard InChI is InChI=1S/C13H11BrN4O/c1-2-18-8-10(7-17-18)19-12-3-4-15-11-5-9(14)6-16-13(11)12/h3-8H,2H2,1H3. The van der Waals surface area contributed by atoms with Crippen molar-refractivity contribution in [3.63, 3.8) is 0 Å². The number of ether oxygens (including phenoxy) is 1. The SMILES string of the molecule is CCn1cc(Oc2ccnc3cc(Br)cnc23)cn1. The highest BCUT2D eigenvalue weighted by atomic mass is 79.9. The van der Waals surface area contributed by atoms with Gasteiger partial charge in [-0.3, -0.25) is 9.67 Å². The van der Waals surface area contributed by atoms with Crippen molar-refractivity contribution in [2.75, 3.05) is 0 Å². The monoisotopic (exact) mass is 318 g/mol. The van der Waals surface area contributed by atoms with E-state index >= 15 is 0 Å². The topological polar surface area (TPSA) is 52.8 Å². The summed E-state index contributed by atoms with van der Waals surface area (Å²) in [6, 6.07) is 3.71. The van der Waals surface area contributed by atoms with Gasteiger partial charge in [-0.2, -0.15) is 5.10 Å². The van der Waals surface area contributed by atoms with E-state index in [1.807, 2.05) is 23.9 Å². The normalized spacial score (nSPS) is 10.8. The van der Waals surface area contributed by atoms with Gasteiger partial charge in [-0.25, -0.2) is 4.98 Å². The Bertz CT molecular complexity index is 725. The Kier molecular flexibility index (Phi) is 3.16. The molecule has 19 heavy (non-hydrogen) atoms. The van der Waals surface area contributed by atoms with Crippen molar-refractivity contribution in [2.45, 2.75) is 13.5 Å². The summed E-state index contributed by atoms with van der Waals surface area (Å²) < 4.78 is 8.51. The number of hydrogen-bond donors (Lipinski definition) is 0. The molecular weight excluding hydrogens is 308 g/mol. The highest BCUT2D eigenvalue weighted by Gasteiger charge is 2.07. The fourth-order valence-corrected chi connectivity index (χ4v) is 2.08. The predicted molar refractivity (Wildman–Crippen MR) is 75.2 cm³/mol. The van der Waals surface area contributed by atoms with Crippen LogP contribution >= 0.6 is 15.9 Å². The Hall–Kier alpha value is -1.95. The van der Waals surface area contributed by atoms with E-state index in [1.165, 1.54) is 0 Å². The van der Waals surface area contributed by atoms with E-state index in [0.717, 1.165) is 22.1 Å². The molecule has 0 N–H and O–H groups in total. The summed E-state index contributed by atoms with van der Waals surface area (Å²) in [6.45, 7) is 2.84. The molecule has 0 aliphatic carbocycles. The van der Waals surface area contributed by atoms with Crippen LogP contribution in [0.4, 0.5) is 0 Å². The summed E-state index contributed by atoms with van der Waals surface area (Å²) in [7, 11) is 0. The molecule has 0 atom stereocenters. The average Bonchev–Trinajstić information content (AvgIpc) is 2.86. The molecule has 3 heterocycles. The summed E-state index contributed by atoms with van der Waals surface area (Å²) in [5.41, 5.74) is 1.52. The molecule has 0 saturated heterocycles. The molecule has 0 saturated carbocycles. The van der Waals surface area contributed by atoms with E-state index in [-0.39, 0.29) is 0 Å². The van der Waals surface area contributed by atoms with E-state index in [4.69, 9.17) is 4.74 Å². The first kappa shape index (κ1) is 12.1. The maximum atomic E-state index is 5.81. The number of halogens is 1. The van der Waals surface area contributed by atoms with Gasteiger partial charge in [-0.15, -0.1) is 0 Å². The van der Waals surface area contributed by atoms with Gasteiger partial charge in [0.25, 0.3) is 0 Å². The van der Waals surface area contributed by atoms with Gasteiger partial charge in [-0.05, 0) is 28.9 Å². The molecular formula is C13H11BrN4O. The van der Waals surface area contributed by atoms with Crippen LogP contribution in [-0.4, -0.2) is 19.7 Å². The Morgan fingerprint density at radius 2 is 2.21 bits per heavy atom. The van der Waals surface area contributed by atoms with Gasteiger partial charge in [0.05, 0.1) is 17.9 Å². The van der Waals surface area contributed by atoms with Crippen molar-refractivity contribution < 1.29 is 4.74 Å². The first-order valence-electron chi connectivity index (χ1n) is 5.87. The second kappa shape index (κ2) is 4.97. The van der Waals surface area contributed by atoms with Crippen LogP contribution in [0.2, 0.25) is 0 Å². The van der Waals surface area contributed by atoms with Crippen molar-refractivity contribution in [3.8, 4) is 11.5 Å². The molecule has 0 aliphatic heterocycles. The van der Waals surface area contributed by atoms with Gasteiger partial charge in [0, 0.05) is 29.5 Å². The molecule has 0 amide bonds. The fourth-order valence-electron chi connectivity index (χ4n) is 1.76. The number of aromatic nitrogens is 4. The van der Waals surface area contributed by atoms with Gasteiger partial charge in [0.1, 0.15) is 5.52 Å². The van der Waals surface area contributed by atoms with Crippen molar-refractivity contribution in [3.05, 3.63) is 41.4 Å². The zero-order chi connectivity index (χ0) is 13.2. The summed E-state index contributed by atoms with van der Waals surface area (Å²) in [4.78, 5) is 8.61. The zero-order valence-electron chi connectivity index (χ0n) is 10.2. The van der Waals surface area contributed by atoms with Crippen LogP contribution < -0.4 is 4.74 Å². The lowest BCUT2D eigenvalue weighted by Crippen LogP contribution is -1.92. The molecule has 0 aromatic carbocycles. The Morgan fingerprint density at radius 3 is 3.00 bits per heavy atom. The minimum Gasteiger partial charge on any atom is -0.452 e. The number of nitrogens with zero attached hydrogens (tertiary/aromatic N) is 4. The largest absolute Gasteiger partial charge is 0.452 e. The minimum absolute atomic E-state index is 0.674. The summed E-state index contributed by atoms with van der Waals surface area (Å²) in [6.07, 6.45) is 6.97. The van der Waals surface area contributed by atoms with Crippen LogP contribution in [0.3, 0.4) is 0 Å². The maximum Gasteiger partial charge on any atom is 0.165 e. The highest BCUT2D eigenvalue weighted by molar-refractivity contribution is 9.10. The number of pyridine rings is 2. The number of aryl methyl sites for hydroxylation is 1. The smallest absolute Gasteiger partial charge is 0.165 e. The second-order valence-corrected chi connectivity index (χ2v) is 4.88. The van der Waals surface area contributed by atoms with E-state index < -0.39 is 0 Å². The molecule has 0 bridgehead atoms. The van der Waals surface area contributed by atoms with Gasteiger partial charge in [-0.1, -0.05) is 0 Å². The van der Waals surface area contributed by atoms with Crippen molar-refractivity contribution in [1.82, 2.24) is 19.7 Å². The Morgan fingerprint density at radius 1 is 1.32 bits per heavy atom. The fraction of sp³-hybridized carbons (Fsp3) is 0.154. The lowest BCUT2D eigenvalue weighted by molar-refractivity contribution is 0.485. The molecule has 5 nitrogen and oxygen atoms in total. The molecule has 0 fully saturated rings. The summed E-state index contributed by atoms with van der Waals surface area (Å²) >= 11 is 3.38. The molecule has 0 aliphatic rings. The third-order valence-corrected chi connectivity index (χ3v) is 3.10. The highest BCUT2D eigenvalue weighted by Crippen LogP contribution is 2.28. The van der Waals surface area contributed by atoms with E-state index in [1.54, 1.807) is 24.7 Å². The molecule has 96 valence electrons. The number of fused-ring (bicyclic) bond motifs is 1. The third-order valence-electron chi connectivity index (χ3n) is 2.67. The predicted octanol–water partition coefficient (Wildman–Crippen LogP) is 3.40. The van der Waals surface area contributed by atoms with Crippen molar-refractivity contribution >= 4 is 27.0 Å². The maximum absolute atomic E-state index is 5.81. The summed E-state index contributed by atoms with van der Waals surface area (Å²) in [5.74, 6) is 1.37. The Labute approximate surface area is 118 Å². The van der Waals surface area contributed by atoms with Crippen LogP contribution in [0.15, 0.2) is 41.4 Å². The molecule has 0 spiro atoms. The second-order valence-electron chi connectivity index (χ2n) is 3.96. The molecule has 3 rings (SSSR count). The first-order valence-corrected chi connectivity index (χ1v) is 6.66. The summed E-state index contributed by atoms with van der Waals surface area (Å²) in [5, 5.41) is 4.17. The molecule has 6 heteroatoms. The van der Waals surface area contributed by atoms with Crippen LogP contribution in [0.25, 0.3) is 11.0 Å². The lowest BCUT2D eigenvalue weighted by Gasteiger charge is -2.05. The molecule has 3 aromatic rings. The van der Waals surface area contributed by atoms with Crippen LogP contribution in [0, 0.1) is 0 Å². The van der Waals surface area contributed by atoms with Crippen molar-refractivity contribution in [1.29, 1.82) is 0 Å². The number of hydrogen-bond acceptors (Lipinski definition) is 4. The molecule has 3 aromatic heterocycles. The quantitative estimate of drug-likeness (QED) is 0.742. The van der Waals surface area contributed by atoms with Crippen LogP contribution in [-0.2, 0) is 6.54 Å². The van der Waals surface area contributed by atoms with Crippen molar-refractivity contribution in [2.24, 2.45) is 0 Å². The van der Waals surface area contributed by atoms with Gasteiger partial charge >= 0.3 is 0 Å². The molecule has 0 radical (unpaired) electrons. The number of rotatable bonds is 3. The minimum atomic E-state index is 0.674. The van der Waals surface area contributed by atoms with Gasteiger partial charge < -0.3 is 4.74 Å². The Balaban J connectivity index is 2.00.